The van der Waals surface area contributed by atoms with Crippen LogP contribution in [-0.4, -0.2) is 31.6 Å². The smallest absolute Gasteiger partial charge is 0.244 e. The molecule has 1 aliphatic rings. The molecule has 1 aromatic carbocycles. The lowest BCUT2D eigenvalue weighted by atomic mass is 10.1. The summed E-state index contributed by atoms with van der Waals surface area (Å²) in [6.07, 6.45) is 0.434. The second-order valence-electron chi connectivity index (χ2n) is 4.20. The van der Waals surface area contributed by atoms with Gasteiger partial charge in [0.25, 0.3) is 0 Å². The van der Waals surface area contributed by atoms with E-state index in [1.54, 1.807) is 0 Å². The Morgan fingerprint density at radius 2 is 1.89 bits per heavy atom. The van der Waals surface area contributed by atoms with E-state index >= 15 is 0 Å². The van der Waals surface area contributed by atoms with Gasteiger partial charge >= 0.3 is 0 Å². The molecule has 19 heavy (non-hydrogen) atoms. The molecule has 1 heterocycles. The van der Waals surface area contributed by atoms with Crippen molar-refractivity contribution < 1.29 is 13.2 Å². The molecule has 0 aromatic heterocycles. The van der Waals surface area contributed by atoms with Crippen molar-refractivity contribution in [3.05, 3.63) is 28.8 Å². The predicted molar refractivity (Wildman–Crippen MR) is 69.2 cm³/mol. The summed E-state index contributed by atoms with van der Waals surface area (Å²) in [6.45, 7) is 0.322. The average molecular weight is 299 g/mol. The summed E-state index contributed by atoms with van der Waals surface area (Å²) in [7, 11) is -3.75. The van der Waals surface area contributed by atoms with E-state index in [4.69, 9.17) is 16.9 Å². The van der Waals surface area contributed by atoms with Crippen LogP contribution < -0.4 is 0 Å². The molecule has 7 heteroatoms. The van der Waals surface area contributed by atoms with Crippen molar-refractivity contribution in [2.75, 3.05) is 13.1 Å². The monoisotopic (exact) mass is 298 g/mol. The highest BCUT2D eigenvalue weighted by Crippen LogP contribution is 2.27. The number of halogens is 1. The predicted octanol–water partition coefficient (Wildman–Crippen LogP) is 1.57. The number of nitriles is 1. The maximum absolute atomic E-state index is 12.4. The van der Waals surface area contributed by atoms with Crippen LogP contribution in [0.5, 0.6) is 0 Å². The summed E-state index contributed by atoms with van der Waals surface area (Å²) in [4.78, 5) is 11.1. The molecule has 2 rings (SSSR count). The van der Waals surface area contributed by atoms with E-state index in [0.717, 1.165) is 0 Å². The largest absolute Gasteiger partial charge is 0.300 e. The number of nitrogens with zero attached hydrogens (tertiary/aromatic N) is 2. The van der Waals surface area contributed by atoms with Crippen molar-refractivity contribution in [2.24, 2.45) is 0 Å². The SMILES string of the molecule is N#Cc1ccc(Cl)c(S(=O)(=O)N2CCC(=O)CC2)c1. The van der Waals surface area contributed by atoms with Crippen LogP contribution in [0, 0.1) is 11.3 Å². The zero-order chi connectivity index (χ0) is 14.0. The Bertz CT molecular complexity index is 654. The van der Waals surface area contributed by atoms with Gasteiger partial charge in [-0.2, -0.15) is 9.57 Å². The zero-order valence-corrected chi connectivity index (χ0v) is 11.5. The maximum Gasteiger partial charge on any atom is 0.244 e. The van der Waals surface area contributed by atoms with Gasteiger partial charge in [0.05, 0.1) is 16.7 Å². The molecule has 0 aliphatic carbocycles. The summed E-state index contributed by atoms with van der Waals surface area (Å²) >= 11 is 5.90. The normalized spacial score (nSPS) is 17.2. The Morgan fingerprint density at radius 3 is 2.47 bits per heavy atom. The third-order valence-electron chi connectivity index (χ3n) is 2.96. The molecule has 0 radical (unpaired) electrons. The minimum atomic E-state index is -3.75. The van der Waals surface area contributed by atoms with Crippen molar-refractivity contribution >= 4 is 27.4 Å². The topological polar surface area (TPSA) is 78.2 Å². The fraction of sp³-hybridized carbons (Fsp3) is 0.333. The molecule has 1 aromatic rings. The standard InChI is InChI=1S/C12H11ClN2O3S/c13-11-2-1-9(8-14)7-12(11)19(17,18)15-5-3-10(16)4-6-15/h1-2,7H,3-6H2. The van der Waals surface area contributed by atoms with Gasteiger partial charge in [0.15, 0.2) is 0 Å². The maximum atomic E-state index is 12.4. The number of Topliss-reactive ketones (excluding diaryl/α,β-unsaturated/α-hetero) is 1. The Hall–Kier alpha value is -1.42. The quantitative estimate of drug-likeness (QED) is 0.830. The average Bonchev–Trinajstić information content (AvgIpc) is 2.39. The van der Waals surface area contributed by atoms with Crippen LogP contribution >= 0.6 is 11.6 Å². The number of hydrogen-bond donors (Lipinski definition) is 0. The molecule has 0 spiro atoms. The first-order valence-corrected chi connectivity index (χ1v) is 7.48. The molecule has 0 bridgehead atoms. The van der Waals surface area contributed by atoms with Crippen LogP contribution in [0.3, 0.4) is 0 Å². The number of ketones is 1. The van der Waals surface area contributed by atoms with Crippen LogP contribution in [0.2, 0.25) is 5.02 Å². The van der Waals surface area contributed by atoms with E-state index in [0.29, 0.717) is 0 Å². The molecule has 0 saturated carbocycles. The first-order chi connectivity index (χ1) is 8.95. The zero-order valence-electron chi connectivity index (χ0n) is 9.97. The van der Waals surface area contributed by atoms with Gasteiger partial charge in [0.2, 0.25) is 10.0 Å². The Balaban J connectivity index is 2.40. The van der Waals surface area contributed by atoms with Crippen LogP contribution in [0.25, 0.3) is 0 Å². The highest BCUT2D eigenvalue weighted by Gasteiger charge is 2.30. The number of sulfonamides is 1. The van der Waals surface area contributed by atoms with Crippen LogP contribution in [0.4, 0.5) is 0 Å². The summed E-state index contributed by atoms with van der Waals surface area (Å²) in [6, 6.07) is 5.99. The van der Waals surface area contributed by atoms with Gasteiger partial charge in [-0.3, -0.25) is 4.79 Å². The van der Waals surface area contributed by atoms with Crippen molar-refractivity contribution in [1.29, 1.82) is 5.26 Å². The third-order valence-corrected chi connectivity index (χ3v) is 5.34. The van der Waals surface area contributed by atoms with E-state index in [2.05, 4.69) is 0 Å². The molecule has 1 aliphatic heterocycles. The second-order valence-corrected chi connectivity index (χ2v) is 6.51. The van der Waals surface area contributed by atoms with Gasteiger partial charge in [0, 0.05) is 25.9 Å². The van der Waals surface area contributed by atoms with Gasteiger partial charge in [-0.15, -0.1) is 0 Å². The lowest BCUT2D eigenvalue weighted by Gasteiger charge is -2.25. The van der Waals surface area contributed by atoms with Gasteiger partial charge < -0.3 is 0 Å². The van der Waals surface area contributed by atoms with Gasteiger partial charge in [-0.1, -0.05) is 11.6 Å². The van der Waals surface area contributed by atoms with Crippen molar-refractivity contribution in [2.45, 2.75) is 17.7 Å². The van der Waals surface area contributed by atoms with Crippen LogP contribution in [0.1, 0.15) is 18.4 Å². The number of carbonyl (C=O) groups excluding carboxylic acids is 1. The van der Waals surface area contributed by atoms with Crippen molar-refractivity contribution in [3.8, 4) is 6.07 Å². The Labute approximate surface area is 116 Å². The lowest BCUT2D eigenvalue weighted by Crippen LogP contribution is -2.38. The van der Waals surface area contributed by atoms with E-state index in [1.807, 2.05) is 6.07 Å². The number of benzene rings is 1. The molecule has 0 unspecified atom stereocenters. The van der Waals surface area contributed by atoms with Gasteiger partial charge in [-0.25, -0.2) is 8.42 Å². The van der Waals surface area contributed by atoms with E-state index in [9.17, 15) is 13.2 Å². The number of rotatable bonds is 2. The molecule has 1 saturated heterocycles. The minimum absolute atomic E-state index is 0.0586. The van der Waals surface area contributed by atoms with E-state index < -0.39 is 10.0 Å². The molecular formula is C12H11ClN2O3S. The summed E-state index contributed by atoms with van der Waals surface area (Å²) in [5, 5.41) is 8.90. The first kappa shape index (κ1) is 14.0. The van der Waals surface area contributed by atoms with E-state index in [-0.39, 0.29) is 47.2 Å². The second kappa shape index (κ2) is 5.29. The Kier molecular flexibility index (Phi) is 3.90. The van der Waals surface area contributed by atoms with Crippen LogP contribution in [0.15, 0.2) is 23.1 Å². The third kappa shape index (κ3) is 2.78. The molecule has 5 nitrogen and oxygen atoms in total. The van der Waals surface area contributed by atoms with Crippen molar-refractivity contribution in [1.82, 2.24) is 4.31 Å². The summed E-state index contributed by atoms with van der Waals surface area (Å²) < 4.78 is 26.0. The first-order valence-electron chi connectivity index (χ1n) is 5.66. The number of hydrogen-bond acceptors (Lipinski definition) is 4. The molecule has 100 valence electrons. The Morgan fingerprint density at radius 1 is 1.26 bits per heavy atom. The highest BCUT2D eigenvalue weighted by atomic mass is 35.5. The molecular weight excluding hydrogens is 288 g/mol. The molecule has 1 fully saturated rings. The van der Waals surface area contributed by atoms with Gasteiger partial charge in [0.1, 0.15) is 10.7 Å². The molecule has 0 amide bonds. The molecule has 0 atom stereocenters. The van der Waals surface area contributed by atoms with Gasteiger partial charge in [-0.05, 0) is 18.2 Å². The minimum Gasteiger partial charge on any atom is -0.300 e. The number of piperidine rings is 1. The fourth-order valence-electron chi connectivity index (χ4n) is 1.89. The van der Waals surface area contributed by atoms with E-state index in [1.165, 1.54) is 22.5 Å². The van der Waals surface area contributed by atoms with Crippen molar-refractivity contribution in [3.63, 3.8) is 0 Å². The summed E-state index contributed by atoms with van der Waals surface area (Å²) in [5.41, 5.74) is 0.232. The lowest BCUT2D eigenvalue weighted by molar-refractivity contribution is -0.120. The fourth-order valence-corrected chi connectivity index (χ4v) is 3.83. The summed E-state index contributed by atoms with van der Waals surface area (Å²) in [5.74, 6) is 0.0586. The highest BCUT2D eigenvalue weighted by molar-refractivity contribution is 7.89. The van der Waals surface area contributed by atoms with Crippen LogP contribution in [-0.2, 0) is 14.8 Å². The molecule has 0 N–H and O–H groups in total. The number of carbonyl (C=O) groups is 1.